The van der Waals surface area contributed by atoms with Crippen LogP contribution in [0.5, 0.6) is 11.8 Å². The highest BCUT2D eigenvalue weighted by molar-refractivity contribution is 6.33. The molecule has 2 radical (unpaired) electrons. The molecule has 0 spiro atoms. The molecule has 0 atom stereocenters. The van der Waals surface area contributed by atoms with Crippen LogP contribution in [-0.4, -0.2) is 22.0 Å². The molecule has 5 aromatic rings. The molecule has 3 aromatic carbocycles. The Hall–Kier alpha value is -4.26. The maximum absolute atomic E-state index is 13.2. The first-order chi connectivity index (χ1) is 16.6. The van der Waals surface area contributed by atoms with Crippen molar-refractivity contribution < 1.29 is 9.47 Å². The molecule has 7 heteroatoms. The summed E-state index contributed by atoms with van der Waals surface area (Å²) in [5.41, 5.74) is 4.36. The molecule has 0 aliphatic rings. The Balaban J connectivity index is 1.55. The number of nitrogens with zero attached hydrogens (tertiary/aromatic N) is 3. The van der Waals surface area contributed by atoms with Gasteiger partial charge in [-0.15, -0.1) is 0 Å². The molecule has 0 amide bonds. The van der Waals surface area contributed by atoms with Crippen LogP contribution in [0, 0.1) is 0 Å². The van der Waals surface area contributed by atoms with Gasteiger partial charge < -0.3 is 9.47 Å². The maximum Gasteiger partial charge on any atom is 0.333 e. The summed E-state index contributed by atoms with van der Waals surface area (Å²) in [6.45, 7) is 0.675. The molecule has 0 N–H and O–H groups in total. The molecule has 5 rings (SSSR count). The van der Waals surface area contributed by atoms with E-state index in [1.54, 1.807) is 40.4 Å². The van der Waals surface area contributed by atoms with Crippen LogP contribution in [0.3, 0.4) is 0 Å². The third-order valence-electron chi connectivity index (χ3n) is 5.58. The molecule has 34 heavy (non-hydrogen) atoms. The Morgan fingerprint density at radius 1 is 0.794 bits per heavy atom. The fourth-order valence-electron chi connectivity index (χ4n) is 3.82. The van der Waals surface area contributed by atoms with Gasteiger partial charge in [0.25, 0.3) is 0 Å². The molecule has 0 fully saturated rings. The van der Waals surface area contributed by atoms with Gasteiger partial charge in [0.05, 0.1) is 11.0 Å². The first kappa shape index (κ1) is 21.6. The van der Waals surface area contributed by atoms with Gasteiger partial charge in [-0.05, 0) is 29.3 Å². The zero-order valence-electron chi connectivity index (χ0n) is 18.7. The quantitative estimate of drug-likeness (QED) is 0.358. The lowest BCUT2D eigenvalue weighted by molar-refractivity contribution is 0.267. The summed E-state index contributed by atoms with van der Waals surface area (Å²) in [6, 6.07) is 28.6. The number of pyridine rings is 1. The number of aromatic nitrogens is 3. The van der Waals surface area contributed by atoms with E-state index in [1.165, 1.54) is 0 Å². The molecular weight excluding hydrogens is 425 g/mol. The van der Waals surface area contributed by atoms with E-state index >= 15 is 0 Å². The van der Waals surface area contributed by atoms with Crippen LogP contribution >= 0.6 is 0 Å². The Bertz CT molecular complexity index is 1490. The van der Waals surface area contributed by atoms with Crippen molar-refractivity contribution in [2.75, 3.05) is 0 Å². The number of fused-ring (bicyclic) bond motifs is 1. The van der Waals surface area contributed by atoms with Gasteiger partial charge in [0, 0.05) is 13.1 Å². The number of hydrogen-bond donors (Lipinski definition) is 0. The van der Waals surface area contributed by atoms with Gasteiger partial charge in [-0.3, -0.25) is 9.13 Å². The summed E-state index contributed by atoms with van der Waals surface area (Å²) < 4.78 is 15.2. The zero-order valence-corrected chi connectivity index (χ0v) is 18.7. The average molecular weight is 447 g/mol. The van der Waals surface area contributed by atoms with E-state index in [9.17, 15) is 4.79 Å². The van der Waals surface area contributed by atoms with Gasteiger partial charge in [0.1, 0.15) is 26.7 Å². The van der Waals surface area contributed by atoms with Gasteiger partial charge >= 0.3 is 5.69 Å². The van der Waals surface area contributed by atoms with Gasteiger partial charge in [-0.1, -0.05) is 72.2 Å². The second-order valence-corrected chi connectivity index (χ2v) is 7.95. The number of ether oxygens (including phenoxy) is 2. The highest BCUT2D eigenvalue weighted by Crippen LogP contribution is 2.27. The summed E-state index contributed by atoms with van der Waals surface area (Å²) in [4.78, 5) is 17.8. The number of imidazole rings is 1. The van der Waals surface area contributed by atoms with Gasteiger partial charge in [0.15, 0.2) is 0 Å². The highest BCUT2D eigenvalue weighted by Gasteiger charge is 2.18. The molecule has 2 aromatic heterocycles. The molecule has 0 saturated carbocycles. The topological polar surface area (TPSA) is 58.3 Å². The van der Waals surface area contributed by atoms with E-state index < -0.39 is 0 Å². The largest absolute Gasteiger partial charge is 0.473 e. The fourth-order valence-corrected chi connectivity index (χ4v) is 3.82. The number of benzene rings is 3. The van der Waals surface area contributed by atoms with Crippen LogP contribution in [0.2, 0.25) is 0 Å². The van der Waals surface area contributed by atoms with Crippen molar-refractivity contribution in [1.82, 2.24) is 14.1 Å². The monoisotopic (exact) mass is 447 g/mol. The molecule has 0 bridgehead atoms. The van der Waals surface area contributed by atoms with Crippen molar-refractivity contribution in [2.24, 2.45) is 7.05 Å². The average Bonchev–Trinajstić information content (AvgIpc) is 3.12. The SMILES string of the molecule is [B]c1ccc2c(c1)n(C)c(=O)n2-c1ccc(OCc2ccccc2)nc1OCc1ccccc1. The normalized spacial score (nSPS) is 11.0. The van der Waals surface area contributed by atoms with Crippen molar-refractivity contribution in [3.8, 4) is 17.4 Å². The third-order valence-corrected chi connectivity index (χ3v) is 5.58. The minimum absolute atomic E-state index is 0.218. The molecule has 6 nitrogen and oxygen atoms in total. The van der Waals surface area contributed by atoms with Crippen molar-refractivity contribution >= 4 is 24.3 Å². The lowest BCUT2D eigenvalue weighted by Crippen LogP contribution is -2.21. The van der Waals surface area contributed by atoms with E-state index in [0.717, 1.165) is 16.6 Å². The summed E-state index contributed by atoms with van der Waals surface area (Å²) in [6.07, 6.45) is 0. The molecule has 0 saturated heterocycles. The first-order valence-electron chi connectivity index (χ1n) is 10.9. The van der Waals surface area contributed by atoms with Crippen LogP contribution in [0.4, 0.5) is 0 Å². The van der Waals surface area contributed by atoms with Crippen molar-refractivity contribution in [2.45, 2.75) is 13.2 Å². The Morgan fingerprint density at radius 2 is 1.44 bits per heavy atom. The molecule has 2 heterocycles. The van der Waals surface area contributed by atoms with Crippen LogP contribution in [0.1, 0.15) is 11.1 Å². The minimum atomic E-state index is -0.218. The standard InChI is InChI=1S/C27H22BN3O3/c1-30-24-16-21(28)12-13-22(24)31(27(30)32)23-14-15-25(33-17-19-8-4-2-5-9-19)29-26(23)34-18-20-10-6-3-7-11-20/h2-16H,17-18H2,1H3. The summed E-state index contributed by atoms with van der Waals surface area (Å²) in [5.74, 6) is 0.717. The number of hydrogen-bond acceptors (Lipinski definition) is 4. The maximum atomic E-state index is 13.2. The van der Waals surface area contributed by atoms with Crippen molar-refractivity contribution in [3.63, 3.8) is 0 Å². The predicted molar refractivity (Wildman–Crippen MR) is 133 cm³/mol. The van der Waals surface area contributed by atoms with Crippen LogP contribution in [-0.2, 0) is 20.3 Å². The van der Waals surface area contributed by atoms with Crippen molar-refractivity contribution in [3.05, 3.63) is 113 Å². The second-order valence-electron chi connectivity index (χ2n) is 7.95. The van der Waals surface area contributed by atoms with Crippen LogP contribution in [0.25, 0.3) is 16.7 Å². The van der Waals surface area contributed by atoms with Gasteiger partial charge in [-0.2, -0.15) is 4.98 Å². The van der Waals surface area contributed by atoms with E-state index in [-0.39, 0.29) is 5.69 Å². The van der Waals surface area contributed by atoms with Crippen LogP contribution < -0.4 is 20.6 Å². The van der Waals surface area contributed by atoms with Gasteiger partial charge in [0.2, 0.25) is 11.8 Å². The predicted octanol–water partition coefficient (Wildman–Crippen LogP) is 3.68. The third kappa shape index (κ3) is 4.32. The summed E-state index contributed by atoms with van der Waals surface area (Å²) in [7, 11) is 7.67. The Labute approximate surface area is 198 Å². The highest BCUT2D eigenvalue weighted by atomic mass is 16.5. The zero-order chi connectivity index (χ0) is 23.5. The Morgan fingerprint density at radius 3 is 2.12 bits per heavy atom. The van der Waals surface area contributed by atoms with Gasteiger partial charge in [-0.25, -0.2) is 4.79 Å². The van der Waals surface area contributed by atoms with E-state index in [2.05, 4.69) is 4.98 Å². The minimum Gasteiger partial charge on any atom is -0.473 e. The van der Waals surface area contributed by atoms with Crippen LogP contribution in [0.15, 0.2) is 95.8 Å². The second kappa shape index (κ2) is 9.31. The van der Waals surface area contributed by atoms with E-state index in [1.807, 2.05) is 66.7 Å². The smallest absolute Gasteiger partial charge is 0.333 e. The first-order valence-corrected chi connectivity index (χ1v) is 10.9. The lowest BCUT2D eigenvalue weighted by Gasteiger charge is -2.14. The lowest BCUT2D eigenvalue weighted by atomic mass is 9.96. The number of rotatable bonds is 7. The molecule has 0 unspecified atom stereocenters. The molecule has 0 aliphatic carbocycles. The fraction of sp³-hybridized carbons (Fsp3) is 0.111. The molecule has 166 valence electrons. The number of aryl methyl sites for hydroxylation is 1. The van der Waals surface area contributed by atoms with E-state index in [4.69, 9.17) is 17.3 Å². The van der Waals surface area contributed by atoms with E-state index in [0.29, 0.717) is 41.6 Å². The summed E-state index contributed by atoms with van der Waals surface area (Å²) >= 11 is 0. The Kier molecular flexibility index (Phi) is 5.91. The molecule has 0 aliphatic heterocycles. The van der Waals surface area contributed by atoms with Crippen molar-refractivity contribution in [1.29, 1.82) is 0 Å². The summed E-state index contributed by atoms with van der Waals surface area (Å²) in [5, 5.41) is 0. The molecular formula is C27H22BN3O3.